The van der Waals surface area contributed by atoms with E-state index in [1.165, 1.54) is 0 Å². The maximum atomic E-state index is 12.6. The predicted octanol–water partition coefficient (Wildman–Crippen LogP) is 2.00. The van der Waals surface area contributed by atoms with E-state index in [4.69, 9.17) is 4.74 Å². The maximum Gasteiger partial charge on any atom is 0.178 e. The molecule has 22 heavy (non-hydrogen) atoms. The van der Waals surface area contributed by atoms with Gasteiger partial charge in [-0.15, -0.1) is 0 Å². The summed E-state index contributed by atoms with van der Waals surface area (Å²) in [4.78, 5) is 20.5. The second-order valence-electron chi connectivity index (χ2n) is 5.75. The number of hydrogen-bond donors (Lipinski definition) is 1. The second-order valence-corrected chi connectivity index (χ2v) is 5.75. The predicted molar refractivity (Wildman–Crippen MR) is 87.7 cm³/mol. The summed E-state index contributed by atoms with van der Waals surface area (Å²) >= 11 is 0. The summed E-state index contributed by atoms with van der Waals surface area (Å²) in [7, 11) is 1.64. The van der Waals surface area contributed by atoms with E-state index in [9.17, 15) is 4.79 Å². The first kappa shape index (κ1) is 15.1. The lowest BCUT2D eigenvalue weighted by Gasteiger charge is -2.33. The molecular weight excluding hydrogens is 278 g/mol. The molecule has 0 radical (unpaired) electrons. The third-order valence-corrected chi connectivity index (χ3v) is 4.47. The normalized spacial score (nSPS) is 17.0. The monoisotopic (exact) mass is 301 g/mol. The Kier molecular flexibility index (Phi) is 4.45. The van der Waals surface area contributed by atoms with Crippen LogP contribution in [-0.4, -0.2) is 66.9 Å². The topological polar surface area (TPSA) is 48.6 Å². The number of ether oxygens (including phenoxy) is 1. The molecular formula is C17H23N3O2. The first-order chi connectivity index (χ1) is 10.7. The molecule has 0 atom stereocenters. The Morgan fingerprint density at radius 3 is 2.64 bits per heavy atom. The average Bonchev–Trinajstić information content (AvgIpc) is 2.98. The molecule has 1 fully saturated rings. The van der Waals surface area contributed by atoms with Crippen LogP contribution in [0.5, 0.6) is 5.75 Å². The Hall–Kier alpha value is -1.85. The molecule has 1 N–H and O–H groups in total. The van der Waals surface area contributed by atoms with E-state index in [0.29, 0.717) is 6.54 Å². The SMILES string of the molecule is CCN1CCN(CC(=O)c2c[nH]c3ccc(OC)cc23)CC1. The van der Waals surface area contributed by atoms with Gasteiger partial charge in [0.2, 0.25) is 0 Å². The van der Waals surface area contributed by atoms with Crippen molar-refractivity contribution < 1.29 is 9.53 Å². The molecule has 0 unspecified atom stereocenters. The van der Waals surface area contributed by atoms with Crippen LogP contribution in [0.25, 0.3) is 10.9 Å². The van der Waals surface area contributed by atoms with Crippen LogP contribution in [0.4, 0.5) is 0 Å². The Balaban J connectivity index is 1.72. The summed E-state index contributed by atoms with van der Waals surface area (Å²) in [5, 5.41) is 0.941. The van der Waals surface area contributed by atoms with Crippen LogP contribution in [0.1, 0.15) is 17.3 Å². The zero-order chi connectivity index (χ0) is 15.5. The highest BCUT2D eigenvalue weighted by atomic mass is 16.5. The van der Waals surface area contributed by atoms with Crippen molar-refractivity contribution in [2.75, 3.05) is 46.4 Å². The molecule has 1 aliphatic rings. The van der Waals surface area contributed by atoms with Crippen molar-refractivity contribution in [3.05, 3.63) is 30.0 Å². The highest BCUT2D eigenvalue weighted by molar-refractivity contribution is 6.09. The van der Waals surface area contributed by atoms with Gasteiger partial charge in [0.1, 0.15) is 5.75 Å². The first-order valence-electron chi connectivity index (χ1n) is 7.84. The maximum absolute atomic E-state index is 12.6. The van der Waals surface area contributed by atoms with Gasteiger partial charge in [-0.3, -0.25) is 9.69 Å². The minimum Gasteiger partial charge on any atom is -0.497 e. The summed E-state index contributed by atoms with van der Waals surface area (Å²) < 4.78 is 5.26. The number of hydrogen-bond acceptors (Lipinski definition) is 4. The summed E-state index contributed by atoms with van der Waals surface area (Å²) in [6.45, 7) is 7.78. The summed E-state index contributed by atoms with van der Waals surface area (Å²) in [6, 6.07) is 5.77. The van der Waals surface area contributed by atoms with Gasteiger partial charge in [0.05, 0.1) is 13.7 Å². The van der Waals surface area contributed by atoms with Gasteiger partial charge < -0.3 is 14.6 Å². The number of Topliss-reactive ketones (excluding diaryl/α,β-unsaturated/α-hetero) is 1. The average molecular weight is 301 g/mol. The van der Waals surface area contributed by atoms with E-state index >= 15 is 0 Å². The van der Waals surface area contributed by atoms with Crippen LogP contribution in [0.3, 0.4) is 0 Å². The number of carbonyl (C=O) groups is 1. The molecule has 5 heteroatoms. The Morgan fingerprint density at radius 1 is 1.23 bits per heavy atom. The van der Waals surface area contributed by atoms with Crippen molar-refractivity contribution in [2.24, 2.45) is 0 Å². The highest BCUT2D eigenvalue weighted by Crippen LogP contribution is 2.24. The summed E-state index contributed by atoms with van der Waals surface area (Å²) in [5.74, 6) is 0.946. The van der Waals surface area contributed by atoms with E-state index in [0.717, 1.165) is 54.9 Å². The molecule has 1 aromatic carbocycles. The number of nitrogens with zero attached hydrogens (tertiary/aromatic N) is 2. The van der Waals surface area contributed by atoms with E-state index < -0.39 is 0 Å². The van der Waals surface area contributed by atoms with Gasteiger partial charge in [-0.25, -0.2) is 0 Å². The number of nitrogens with one attached hydrogen (secondary N) is 1. The molecule has 118 valence electrons. The number of rotatable bonds is 5. The fourth-order valence-electron chi connectivity index (χ4n) is 3.01. The van der Waals surface area contributed by atoms with Gasteiger partial charge in [-0.1, -0.05) is 6.92 Å². The van der Waals surface area contributed by atoms with Crippen LogP contribution in [-0.2, 0) is 0 Å². The number of ketones is 1. The number of fused-ring (bicyclic) bond motifs is 1. The molecule has 0 spiro atoms. The molecule has 2 aromatic rings. The second kappa shape index (κ2) is 6.50. The largest absolute Gasteiger partial charge is 0.497 e. The van der Waals surface area contributed by atoms with Crippen LogP contribution in [0.15, 0.2) is 24.4 Å². The fraction of sp³-hybridized carbons (Fsp3) is 0.471. The van der Waals surface area contributed by atoms with Crippen molar-refractivity contribution in [3.8, 4) is 5.75 Å². The molecule has 0 aliphatic carbocycles. The zero-order valence-corrected chi connectivity index (χ0v) is 13.3. The van der Waals surface area contributed by atoms with Crippen LogP contribution < -0.4 is 4.74 Å². The van der Waals surface area contributed by atoms with Gasteiger partial charge in [0, 0.05) is 48.8 Å². The number of aromatic amines is 1. The lowest BCUT2D eigenvalue weighted by Crippen LogP contribution is -2.47. The molecule has 3 rings (SSSR count). The Bertz CT molecular complexity index is 657. The van der Waals surface area contributed by atoms with Crippen molar-refractivity contribution in [3.63, 3.8) is 0 Å². The molecule has 1 aliphatic heterocycles. The number of H-pyrrole nitrogens is 1. The van der Waals surface area contributed by atoms with Gasteiger partial charge in [-0.2, -0.15) is 0 Å². The number of benzene rings is 1. The lowest BCUT2D eigenvalue weighted by atomic mass is 10.1. The van der Waals surface area contributed by atoms with Crippen molar-refractivity contribution in [1.82, 2.24) is 14.8 Å². The van der Waals surface area contributed by atoms with Gasteiger partial charge in [0.15, 0.2) is 5.78 Å². The number of carbonyl (C=O) groups excluding carboxylic acids is 1. The molecule has 1 aromatic heterocycles. The summed E-state index contributed by atoms with van der Waals surface area (Å²) in [5.41, 5.74) is 1.73. The van der Waals surface area contributed by atoms with E-state index in [1.807, 2.05) is 24.4 Å². The third-order valence-electron chi connectivity index (χ3n) is 4.47. The van der Waals surface area contributed by atoms with Crippen molar-refractivity contribution in [2.45, 2.75) is 6.92 Å². The van der Waals surface area contributed by atoms with E-state index in [2.05, 4.69) is 21.7 Å². The number of piperazine rings is 1. The number of methoxy groups -OCH3 is 1. The summed E-state index contributed by atoms with van der Waals surface area (Å²) in [6.07, 6.45) is 1.81. The Labute approximate surface area is 130 Å². The van der Waals surface area contributed by atoms with Gasteiger partial charge in [0.25, 0.3) is 0 Å². The molecule has 0 bridgehead atoms. The standard InChI is InChI=1S/C17H23N3O2/c1-3-19-6-8-20(9-7-19)12-17(21)15-11-18-16-5-4-13(22-2)10-14(15)16/h4-5,10-11,18H,3,6-9,12H2,1-2H3. The highest BCUT2D eigenvalue weighted by Gasteiger charge is 2.20. The minimum atomic E-state index is 0.171. The van der Waals surface area contributed by atoms with Crippen molar-refractivity contribution >= 4 is 16.7 Å². The number of aromatic nitrogens is 1. The third kappa shape index (κ3) is 3.00. The molecule has 5 nitrogen and oxygen atoms in total. The minimum absolute atomic E-state index is 0.171. The molecule has 0 saturated carbocycles. The molecule has 1 saturated heterocycles. The zero-order valence-electron chi connectivity index (χ0n) is 13.3. The smallest absolute Gasteiger partial charge is 0.178 e. The lowest BCUT2D eigenvalue weighted by molar-refractivity contribution is 0.0860. The van der Waals surface area contributed by atoms with Crippen LogP contribution in [0, 0.1) is 0 Å². The fourth-order valence-corrected chi connectivity index (χ4v) is 3.01. The quantitative estimate of drug-likeness (QED) is 0.858. The van der Waals surface area contributed by atoms with E-state index in [1.54, 1.807) is 7.11 Å². The van der Waals surface area contributed by atoms with Gasteiger partial charge >= 0.3 is 0 Å². The number of likely N-dealkylation sites (N-methyl/N-ethyl adjacent to an activating group) is 1. The van der Waals surface area contributed by atoms with Crippen molar-refractivity contribution in [1.29, 1.82) is 0 Å². The van der Waals surface area contributed by atoms with Gasteiger partial charge in [-0.05, 0) is 24.7 Å². The van der Waals surface area contributed by atoms with Crippen LogP contribution >= 0.6 is 0 Å². The van der Waals surface area contributed by atoms with E-state index in [-0.39, 0.29) is 5.78 Å². The first-order valence-corrected chi connectivity index (χ1v) is 7.84. The Morgan fingerprint density at radius 2 is 1.95 bits per heavy atom. The molecule has 2 heterocycles. The molecule has 0 amide bonds. The van der Waals surface area contributed by atoms with Crippen LogP contribution in [0.2, 0.25) is 0 Å².